The molecule has 7 nitrogen and oxygen atoms in total. The summed E-state index contributed by atoms with van der Waals surface area (Å²) in [6.07, 6.45) is 4.07. The minimum absolute atomic E-state index is 0.0579. The summed E-state index contributed by atoms with van der Waals surface area (Å²) in [4.78, 5) is 29.8. The summed E-state index contributed by atoms with van der Waals surface area (Å²) < 4.78 is 0.745. The molecule has 35 heavy (non-hydrogen) atoms. The first-order chi connectivity index (χ1) is 16.6. The highest BCUT2D eigenvalue weighted by atomic mass is 79.9. The molecule has 0 saturated heterocycles. The second-order valence-corrected chi connectivity index (χ2v) is 9.94. The van der Waals surface area contributed by atoms with E-state index < -0.39 is 11.8 Å². The molecule has 184 valence electrons. The molecular formula is C25H26BrCl2N5O2. The van der Waals surface area contributed by atoms with E-state index in [2.05, 4.69) is 26.2 Å². The van der Waals surface area contributed by atoms with Crippen molar-refractivity contribution < 1.29 is 9.59 Å². The van der Waals surface area contributed by atoms with Crippen LogP contribution in [-0.4, -0.2) is 24.2 Å². The van der Waals surface area contributed by atoms with E-state index >= 15 is 0 Å². The Bertz CT molecular complexity index is 1230. The van der Waals surface area contributed by atoms with E-state index in [0.717, 1.165) is 4.47 Å². The molecule has 0 bridgehead atoms. The third kappa shape index (κ3) is 6.52. The molecule has 1 aliphatic carbocycles. The van der Waals surface area contributed by atoms with Gasteiger partial charge in [-0.3, -0.25) is 9.59 Å². The number of benzene rings is 2. The number of anilines is 2. The first-order valence-corrected chi connectivity index (χ1v) is 12.5. The molecule has 0 radical (unpaired) electrons. The number of allylic oxidation sites excluding steroid dienone is 4. The molecule has 3 rings (SSSR count). The van der Waals surface area contributed by atoms with Crippen molar-refractivity contribution in [1.29, 1.82) is 0 Å². The molecule has 2 aromatic carbocycles. The minimum atomic E-state index is -0.512. The van der Waals surface area contributed by atoms with Crippen molar-refractivity contribution in [2.75, 3.05) is 17.6 Å². The highest BCUT2D eigenvalue weighted by Gasteiger charge is 2.34. The van der Waals surface area contributed by atoms with Crippen molar-refractivity contribution >= 4 is 68.2 Å². The Balaban J connectivity index is 1.82. The molecule has 0 heterocycles. The van der Waals surface area contributed by atoms with Crippen LogP contribution in [-0.2, 0) is 4.79 Å². The fraction of sp³-hybridized carbons (Fsp3) is 0.240. The van der Waals surface area contributed by atoms with Crippen molar-refractivity contribution in [3.8, 4) is 0 Å². The fourth-order valence-corrected chi connectivity index (χ4v) is 4.79. The van der Waals surface area contributed by atoms with Crippen molar-refractivity contribution in [3.05, 3.63) is 80.3 Å². The van der Waals surface area contributed by atoms with Gasteiger partial charge in [0.05, 0.1) is 5.03 Å². The first kappa shape index (κ1) is 26.9. The molecule has 10 heteroatoms. The van der Waals surface area contributed by atoms with Crippen LogP contribution < -0.4 is 22.5 Å². The molecule has 0 aliphatic heterocycles. The second kappa shape index (κ2) is 11.9. The largest absolute Gasteiger partial charge is 0.398 e. The predicted molar refractivity (Wildman–Crippen MR) is 146 cm³/mol. The van der Waals surface area contributed by atoms with Gasteiger partial charge in [0.2, 0.25) is 5.91 Å². The number of rotatable bonds is 7. The summed E-state index contributed by atoms with van der Waals surface area (Å²) in [5.41, 5.74) is 19.5. The Morgan fingerprint density at radius 2 is 1.94 bits per heavy atom. The second-order valence-electron chi connectivity index (χ2n) is 8.21. The summed E-state index contributed by atoms with van der Waals surface area (Å²) in [5.74, 6) is -1.54. The lowest BCUT2D eigenvalue weighted by molar-refractivity contribution is -0.121. The Morgan fingerprint density at radius 3 is 2.63 bits per heavy atom. The number of aliphatic imine (C=N–C) groups is 1. The Hall–Kier alpha value is -2.65. The summed E-state index contributed by atoms with van der Waals surface area (Å²) in [6.45, 7) is 2.25. The van der Waals surface area contributed by atoms with Gasteiger partial charge in [-0.15, -0.1) is 0 Å². The van der Waals surface area contributed by atoms with Gasteiger partial charge < -0.3 is 22.5 Å². The smallest absolute Gasteiger partial charge is 0.278 e. The lowest BCUT2D eigenvalue weighted by Gasteiger charge is -2.31. The average molecular weight is 579 g/mol. The highest BCUT2D eigenvalue weighted by molar-refractivity contribution is 9.10. The van der Waals surface area contributed by atoms with Gasteiger partial charge in [0, 0.05) is 43.8 Å². The molecule has 0 saturated carbocycles. The number of carbonyl (C=O) groups is 2. The maximum absolute atomic E-state index is 13.3. The van der Waals surface area contributed by atoms with Crippen LogP contribution in [0.4, 0.5) is 11.4 Å². The van der Waals surface area contributed by atoms with Crippen molar-refractivity contribution in [3.63, 3.8) is 0 Å². The molecular weight excluding hydrogens is 553 g/mol. The summed E-state index contributed by atoms with van der Waals surface area (Å²) in [7, 11) is 0. The summed E-state index contributed by atoms with van der Waals surface area (Å²) in [5, 5.41) is 3.89. The van der Waals surface area contributed by atoms with Crippen LogP contribution in [0.2, 0.25) is 0 Å². The van der Waals surface area contributed by atoms with Crippen LogP contribution in [0.1, 0.15) is 29.3 Å². The van der Waals surface area contributed by atoms with Gasteiger partial charge in [-0.1, -0.05) is 58.2 Å². The van der Waals surface area contributed by atoms with Gasteiger partial charge in [0.25, 0.3) is 5.91 Å². The number of nitrogen functional groups attached to an aromatic ring is 1. The first-order valence-electron chi connectivity index (χ1n) is 10.9. The average Bonchev–Trinajstić information content (AvgIpc) is 2.82. The van der Waals surface area contributed by atoms with Crippen molar-refractivity contribution in [1.82, 2.24) is 0 Å². The molecule has 0 spiro atoms. The zero-order chi connectivity index (χ0) is 25.7. The minimum Gasteiger partial charge on any atom is -0.398 e. The SMILES string of the molecule is CC1C(Cl)=C(Cl)C=CC1C(CCN)C(=O)Nc1ccc(N)c(C(N)=NC(=O)c2cccc(Br)c2)c1. The van der Waals surface area contributed by atoms with Crippen LogP contribution >= 0.6 is 39.1 Å². The molecule has 3 unspecified atom stereocenters. The molecule has 2 aromatic rings. The molecule has 1 aliphatic rings. The van der Waals surface area contributed by atoms with E-state index in [1.165, 1.54) is 0 Å². The van der Waals surface area contributed by atoms with Crippen LogP contribution in [0.3, 0.4) is 0 Å². The van der Waals surface area contributed by atoms with E-state index in [1.807, 2.05) is 13.0 Å². The number of hydrogen-bond donors (Lipinski definition) is 4. The standard InChI is InChI=1S/C25H26BrCl2N5O2/c1-13-17(6-7-20(27)22(13)28)18(9-10-29)25(35)32-16-5-8-21(30)19(12-16)23(31)33-24(34)14-3-2-4-15(26)11-14/h2-8,11-13,17-18H,9-10,29-30H2,1H3,(H,32,35)(H2,31,33,34). The number of amidine groups is 1. The van der Waals surface area contributed by atoms with Gasteiger partial charge >= 0.3 is 0 Å². The number of hydrogen-bond acceptors (Lipinski definition) is 4. The van der Waals surface area contributed by atoms with Crippen LogP contribution in [0.5, 0.6) is 0 Å². The number of carbonyl (C=O) groups excluding carboxylic acids is 2. The number of amides is 2. The third-order valence-corrected chi connectivity index (χ3v) is 7.31. The number of nitrogens with one attached hydrogen (secondary N) is 1. The van der Waals surface area contributed by atoms with E-state index in [4.69, 9.17) is 40.4 Å². The van der Waals surface area contributed by atoms with Gasteiger partial charge in [0.1, 0.15) is 5.84 Å². The van der Waals surface area contributed by atoms with Crippen molar-refractivity contribution in [2.45, 2.75) is 13.3 Å². The Labute approximate surface area is 222 Å². The highest BCUT2D eigenvalue weighted by Crippen LogP contribution is 2.39. The fourth-order valence-electron chi connectivity index (χ4n) is 3.94. The lowest BCUT2D eigenvalue weighted by Crippen LogP contribution is -2.34. The maximum Gasteiger partial charge on any atom is 0.278 e. The van der Waals surface area contributed by atoms with Crippen LogP contribution in [0.15, 0.2) is 74.1 Å². The molecule has 2 amide bonds. The number of nitrogens with two attached hydrogens (primary N) is 3. The summed E-state index contributed by atoms with van der Waals surface area (Å²) in [6, 6.07) is 11.6. The van der Waals surface area contributed by atoms with E-state index in [0.29, 0.717) is 45.5 Å². The molecule has 0 fully saturated rings. The topological polar surface area (TPSA) is 137 Å². The van der Waals surface area contributed by atoms with Crippen molar-refractivity contribution in [2.24, 2.45) is 34.2 Å². The maximum atomic E-state index is 13.3. The monoisotopic (exact) mass is 577 g/mol. The van der Waals surface area contributed by atoms with Gasteiger partial charge in [-0.25, -0.2) is 0 Å². The predicted octanol–water partition coefficient (Wildman–Crippen LogP) is 4.99. The normalized spacial score (nSPS) is 18.9. The van der Waals surface area contributed by atoms with Gasteiger partial charge in [-0.05, 0) is 61.4 Å². The number of halogens is 3. The Kier molecular flexibility index (Phi) is 9.13. The Morgan fingerprint density at radius 1 is 1.20 bits per heavy atom. The molecule has 0 aromatic heterocycles. The lowest BCUT2D eigenvalue weighted by atomic mass is 9.77. The van der Waals surface area contributed by atoms with Crippen LogP contribution in [0, 0.1) is 17.8 Å². The quantitative estimate of drug-likeness (QED) is 0.208. The third-order valence-electron chi connectivity index (χ3n) is 5.84. The van der Waals surface area contributed by atoms with E-state index in [-0.39, 0.29) is 23.6 Å². The van der Waals surface area contributed by atoms with Crippen LogP contribution in [0.25, 0.3) is 0 Å². The van der Waals surface area contributed by atoms with E-state index in [1.54, 1.807) is 48.5 Å². The molecule has 7 N–H and O–H groups in total. The number of nitrogens with zero attached hydrogens (tertiary/aromatic N) is 1. The summed E-state index contributed by atoms with van der Waals surface area (Å²) >= 11 is 15.8. The molecule has 3 atom stereocenters. The van der Waals surface area contributed by atoms with Gasteiger partial charge in [0.15, 0.2) is 0 Å². The van der Waals surface area contributed by atoms with Gasteiger partial charge in [-0.2, -0.15) is 4.99 Å². The van der Waals surface area contributed by atoms with E-state index in [9.17, 15) is 9.59 Å². The zero-order valence-corrected chi connectivity index (χ0v) is 22.1. The zero-order valence-electron chi connectivity index (χ0n) is 19.0.